The summed E-state index contributed by atoms with van der Waals surface area (Å²) in [5.74, 6) is 0.132. The van der Waals surface area contributed by atoms with Gasteiger partial charge in [-0.3, -0.25) is 4.90 Å². The van der Waals surface area contributed by atoms with E-state index in [1.807, 2.05) is 0 Å². The number of hydrogen-bond acceptors (Lipinski definition) is 3. The Morgan fingerprint density at radius 3 is 2.95 bits per heavy atom. The second-order valence-electron chi connectivity index (χ2n) is 5.27. The third-order valence-corrected chi connectivity index (χ3v) is 4.03. The molecule has 20 heavy (non-hydrogen) atoms. The van der Waals surface area contributed by atoms with Crippen molar-refractivity contribution in [3.8, 4) is 5.75 Å². The predicted octanol–water partition coefficient (Wildman–Crippen LogP) is 4.09. The van der Waals surface area contributed by atoms with Gasteiger partial charge in [-0.2, -0.15) is 0 Å². The number of benzene rings is 1. The van der Waals surface area contributed by atoms with E-state index in [0.717, 1.165) is 44.5 Å². The first kappa shape index (κ1) is 15.9. The Morgan fingerprint density at radius 1 is 1.40 bits per heavy atom. The van der Waals surface area contributed by atoms with Gasteiger partial charge in [-0.1, -0.05) is 30.1 Å². The van der Waals surface area contributed by atoms with Crippen molar-refractivity contribution in [1.82, 2.24) is 4.90 Å². The van der Waals surface area contributed by atoms with E-state index in [1.165, 1.54) is 0 Å². The number of hydrogen-bond donors (Lipinski definition) is 1. The zero-order valence-corrected chi connectivity index (χ0v) is 13.3. The molecule has 1 aliphatic heterocycles. The Morgan fingerprint density at radius 2 is 2.20 bits per heavy atom. The summed E-state index contributed by atoms with van der Waals surface area (Å²) in [5.41, 5.74) is 0.777. The molecule has 0 radical (unpaired) electrons. The van der Waals surface area contributed by atoms with Crippen LogP contribution in [0.25, 0.3) is 0 Å². The minimum atomic E-state index is 0.132. The van der Waals surface area contributed by atoms with Gasteiger partial charge in [-0.25, -0.2) is 0 Å². The standard InChI is InChI=1S/C15H21Cl2NO2/c1-2-6-20-13-4-3-5-18(10-13)9-11-7-12(16)8-14(17)15(11)19/h7-8,13,19H,2-6,9-10H2,1H3. The van der Waals surface area contributed by atoms with Gasteiger partial charge >= 0.3 is 0 Å². The lowest BCUT2D eigenvalue weighted by molar-refractivity contribution is -0.00238. The topological polar surface area (TPSA) is 32.7 Å². The number of ether oxygens (including phenoxy) is 1. The van der Waals surface area contributed by atoms with Crippen molar-refractivity contribution < 1.29 is 9.84 Å². The summed E-state index contributed by atoms with van der Waals surface area (Å²) in [6.07, 6.45) is 3.56. The highest BCUT2D eigenvalue weighted by Crippen LogP contribution is 2.32. The van der Waals surface area contributed by atoms with Gasteiger partial charge in [-0.15, -0.1) is 0 Å². The summed E-state index contributed by atoms with van der Waals surface area (Å²) in [5, 5.41) is 10.9. The maximum Gasteiger partial charge on any atom is 0.138 e. The highest BCUT2D eigenvalue weighted by molar-refractivity contribution is 6.35. The highest BCUT2D eigenvalue weighted by atomic mass is 35.5. The quantitative estimate of drug-likeness (QED) is 0.887. The van der Waals surface area contributed by atoms with Crippen LogP contribution in [0.5, 0.6) is 5.75 Å². The Hall–Kier alpha value is -0.480. The van der Waals surface area contributed by atoms with E-state index in [1.54, 1.807) is 12.1 Å². The van der Waals surface area contributed by atoms with Crippen LogP contribution in [0.1, 0.15) is 31.7 Å². The number of likely N-dealkylation sites (tertiary alicyclic amines) is 1. The van der Waals surface area contributed by atoms with Crippen LogP contribution in [-0.4, -0.2) is 35.8 Å². The second-order valence-corrected chi connectivity index (χ2v) is 6.11. The Balaban J connectivity index is 1.99. The summed E-state index contributed by atoms with van der Waals surface area (Å²) in [6, 6.07) is 3.34. The largest absolute Gasteiger partial charge is 0.506 e. The third-order valence-electron chi connectivity index (χ3n) is 3.52. The van der Waals surface area contributed by atoms with Gasteiger partial charge in [-0.05, 0) is 37.9 Å². The van der Waals surface area contributed by atoms with E-state index >= 15 is 0 Å². The summed E-state index contributed by atoms with van der Waals surface area (Å²) < 4.78 is 5.82. The molecule has 5 heteroatoms. The van der Waals surface area contributed by atoms with E-state index in [4.69, 9.17) is 27.9 Å². The van der Waals surface area contributed by atoms with Crippen LogP contribution in [0.3, 0.4) is 0 Å². The van der Waals surface area contributed by atoms with Gasteiger partial charge in [0.25, 0.3) is 0 Å². The molecule has 1 N–H and O–H groups in total. The van der Waals surface area contributed by atoms with Crippen LogP contribution < -0.4 is 0 Å². The van der Waals surface area contributed by atoms with Crippen molar-refractivity contribution in [1.29, 1.82) is 0 Å². The molecule has 1 aliphatic rings. The number of piperidine rings is 1. The molecular formula is C15H21Cl2NO2. The molecule has 3 nitrogen and oxygen atoms in total. The fraction of sp³-hybridized carbons (Fsp3) is 0.600. The molecule has 1 aromatic carbocycles. The fourth-order valence-corrected chi connectivity index (χ4v) is 3.09. The van der Waals surface area contributed by atoms with E-state index in [2.05, 4.69) is 11.8 Å². The summed E-state index contributed by atoms with van der Waals surface area (Å²) in [7, 11) is 0. The van der Waals surface area contributed by atoms with Crippen LogP contribution in [0.15, 0.2) is 12.1 Å². The molecular weight excluding hydrogens is 297 g/mol. The molecule has 0 aliphatic carbocycles. The van der Waals surface area contributed by atoms with Crippen LogP contribution in [0, 0.1) is 0 Å². The number of phenolic OH excluding ortho intramolecular Hbond substituents is 1. The minimum Gasteiger partial charge on any atom is -0.506 e. The molecule has 2 rings (SSSR count). The lowest BCUT2D eigenvalue weighted by atomic mass is 10.1. The average Bonchev–Trinajstić information content (AvgIpc) is 2.42. The van der Waals surface area contributed by atoms with Gasteiger partial charge in [0.2, 0.25) is 0 Å². The average molecular weight is 318 g/mol. The molecule has 1 fully saturated rings. The van der Waals surface area contributed by atoms with E-state index in [9.17, 15) is 5.11 Å². The molecule has 1 heterocycles. The van der Waals surface area contributed by atoms with Crippen molar-refractivity contribution in [2.75, 3.05) is 19.7 Å². The lowest BCUT2D eigenvalue weighted by Gasteiger charge is -2.32. The summed E-state index contributed by atoms with van der Waals surface area (Å²) >= 11 is 12.0. The van der Waals surface area contributed by atoms with Crippen molar-refractivity contribution in [3.05, 3.63) is 27.7 Å². The molecule has 1 saturated heterocycles. The zero-order chi connectivity index (χ0) is 14.5. The van der Waals surface area contributed by atoms with Gasteiger partial charge in [0.05, 0.1) is 11.1 Å². The van der Waals surface area contributed by atoms with E-state index in [-0.39, 0.29) is 5.75 Å². The number of phenols is 1. The minimum absolute atomic E-state index is 0.132. The number of nitrogens with zero attached hydrogens (tertiary/aromatic N) is 1. The monoisotopic (exact) mass is 317 g/mol. The maximum absolute atomic E-state index is 10.0. The smallest absolute Gasteiger partial charge is 0.138 e. The molecule has 112 valence electrons. The molecule has 0 aromatic heterocycles. The number of rotatable bonds is 5. The SMILES string of the molecule is CCCOC1CCCN(Cc2cc(Cl)cc(Cl)c2O)C1. The van der Waals surface area contributed by atoms with Gasteiger partial charge in [0, 0.05) is 30.3 Å². The lowest BCUT2D eigenvalue weighted by Crippen LogP contribution is -2.39. The van der Waals surface area contributed by atoms with Crippen molar-refractivity contribution in [2.24, 2.45) is 0 Å². The van der Waals surface area contributed by atoms with Crippen LogP contribution >= 0.6 is 23.2 Å². The number of halogens is 2. The Labute approximate surface area is 130 Å². The maximum atomic E-state index is 10.0. The first-order valence-electron chi connectivity index (χ1n) is 7.11. The molecule has 1 unspecified atom stereocenters. The molecule has 0 amide bonds. The van der Waals surface area contributed by atoms with Crippen LogP contribution in [0.4, 0.5) is 0 Å². The zero-order valence-electron chi connectivity index (χ0n) is 11.7. The van der Waals surface area contributed by atoms with Gasteiger partial charge in [0.15, 0.2) is 0 Å². The molecule has 0 bridgehead atoms. The third kappa shape index (κ3) is 4.26. The van der Waals surface area contributed by atoms with Gasteiger partial charge in [0.1, 0.15) is 5.75 Å². The molecule has 0 saturated carbocycles. The van der Waals surface area contributed by atoms with Crippen molar-refractivity contribution in [3.63, 3.8) is 0 Å². The van der Waals surface area contributed by atoms with Crippen molar-refractivity contribution >= 4 is 23.2 Å². The second kappa shape index (κ2) is 7.51. The molecule has 0 spiro atoms. The summed E-state index contributed by atoms with van der Waals surface area (Å²) in [4.78, 5) is 2.28. The van der Waals surface area contributed by atoms with E-state index < -0.39 is 0 Å². The van der Waals surface area contributed by atoms with Crippen LogP contribution in [0.2, 0.25) is 10.0 Å². The fourth-order valence-electron chi connectivity index (χ4n) is 2.56. The Bertz CT molecular complexity index is 454. The predicted molar refractivity (Wildman–Crippen MR) is 82.7 cm³/mol. The van der Waals surface area contributed by atoms with Gasteiger partial charge < -0.3 is 9.84 Å². The van der Waals surface area contributed by atoms with Crippen LogP contribution in [-0.2, 0) is 11.3 Å². The summed E-state index contributed by atoms with van der Waals surface area (Å²) in [6.45, 7) is 5.48. The molecule has 1 atom stereocenters. The Kier molecular flexibility index (Phi) is 5.97. The normalized spacial score (nSPS) is 20.2. The first-order valence-corrected chi connectivity index (χ1v) is 7.86. The van der Waals surface area contributed by atoms with E-state index in [0.29, 0.717) is 22.7 Å². The molecule has 1 aromatic rings. The number of aromatic hydroxyl groups is 1. The first-order chi connectivity index (χ1) is 9.60. The highest BCUT2D eigenvalue weighted by Gasteiger charge is 2.21. The van der Waals surface area contributed by atoms with Crippen molar-refractivity contribution in [2.45, 2.75) is 38.8 Å².